The Balaban J connectivity index is 1.86. The van der Waals surface area contributed by atoms with Gasteiger partial charge in [-0.05, 0) is 41.1 Å². The largest absolute Gasteiger partial charge is 0.456 e. The van der Waals surface area contributed by atoms with Crippen LogP contribution in [-0.2, 0) is 16.1 Å². The van der Waals surface area contributed by atoms with Crippen LogP contribution in [0, 0.1) is 12.7 Å². The highest BCUT2D eigenvalue weighted by Gasteiger charge is 2.18. The number of benzene rings is 2. The molecule has 3 aromatic rings. The van der Waals surface area contributed by atoms with Crippen molar-refractivity contribution in [2.75, 3.05) is 0 Å². The standard InChI is InChI=1S/C18H14ClFN4O2/c1-12-21-22-23-24(12)17(9-13-5-3-2-4-6-13)18(25)26-11-14-7-8-15(20)10-16(14)19/h2-10H,11H2,1H3/b17-9-. The van der Waals surface area contributed by atoms with Gasteiger partial charge >= 0.3 is 5.97 Å². The van der Waals surface area contributed by atoms with Crippen LogP contribution in [0.1, 0.15) is 17.0 Å². The van der Waals surface area contributed by atoms with Crippen molar-refractivity contribution in [1.29, 1.82) is 0 Å². The van der Waals surface area contributed by atoms with Gasteiger partial charge in [-0.2, -0.15) is 4.68 Å². The van der Waals surface area contributed by atoms with E-state index in [1.165, 1.54) is 16.8 Å². The van der Waals surface area contributed by atoms with Gasteiger partial charge in [-0.1, -0.05) is 48.0 Å². The minimum atomic E-state index is -0.635. The van der Waals surface area contributed by atoms with E-state index in [-0.39, 0.29) is 17.3 Å². The Hall–Kier alpha value is -3.06. The van der Waals surface area contributed by atoms with Crippen LogP contribution >= 0.6 is 11.6 Å². The molecule has 0 amide bonds. The van der Waals surface area contributed by atoms with E-state index in [1.807, 2.05) is 30.3 Å². The quantitative estimate of drug-likeness (QED) is 0.506. The maximum Gasteiger partial charge on any atom is 0.357 e. The van der Waals surface area contributed by atoms with Crippen molar-refractivity contribution in [3.05, 3.63) is 76.3 Å². The fourth-order valence-electron chi connectivity index (χ4n) is 2.22. The van der Waals surface area contributed by atoms with Gasteiger partial charge in [-0.25, -0.2) is 9.18 Å². The highest BCUT2D eigenvalue weighted by Crippen LogP contribution is 2.20. The highest BCUT2D eigenvalue weighted by molar-refractivity contribution is 6.31. The molecule has 0 saturated carbocycles. The normalized spacial score (nSPS) is 11.4. The number of nitrogens with zero attached hydrogens (tertiary/aromatic N) is 4. The molecule has 8 heteroatoms. The first kappa shape index (κ1) is 17.8. The number of esters is 1. The summed E-state index contributed by atoms with van der Waals surface area (Å²) in [4.78, 5) is 12.6. The SMILES string of the molecule is Cc1nnnn1/C(=C\c1ccccc1)C(=O)OCc1ccc(F)cc1Cl. The third kappa shape index (κ3) is 4.12. The van der Waals surface area contributed by atoms with Gasteiger partial charge in [0.25, 0.3) is 0 Å². The zero-order valence-electron chi connectivity index (χ0n) is 13.8. The number of rotatable bonds is 5. The molecule has 3 rings (SSSR count). The zero-order valence-corrected chi connectivity index (χ0v) is 14.5. The summed E-state index contributed by atoms with van der Waals surface area (Å²) in [6, 6.07) is 13.1. The number of hydrogen-bond donors (Lipinski definition) is 0. The Kier molecular flexibility index (Phi) is 5.38. The monoisotopic (exact) mass is 372 g/mol. The van der Waals surface area contributed by atoms with E-state index < -0.39 is 11.8 Å². The Morgan fingerprint density at radius 2 is 2.04 bits per heavy atom. The minimum absolute atomic E-state index is 0.106. The summed E-state index contributed by atoms with van der Waals surface area (Å²) in [5, 5.41) is 11.4. The van der Waals surface area contributed by atoms with Crippen molar-refractivity contribution in [1.82, 2.24) is 20.2 Å². The van der Waals surface area contributed by atoms with Gasteiger partial charge in [0.05, 0.1) is 5.02 Å². The molecule has 0 unspecified atom stereocenters. The van der Waals surface area contributed by atoms with Crippen molar-refractivity contribution in [2.24, 2.45) is 0 Å². The van der Waals surface area contributed by atoms with Crippen LogP contribution in [0.2, 0.25) is 5.02 Å². The molecule has 0 aliphatic rings. The van der Waals surface area contributed by atoms with Gasteiger partial charge in [-0.15, -0.1) is 5.10 Å². The summed E-state index contributed by atoms with van der Waals surface area (Å²) < 4.78 is 19.7. The number of ether oxygens (including phenoxy) is 1. The molecule has 6 nitrogen and oxygen atoms in total. The predicted molar refractivity (Wildman–Crippen MR) is 94.4 cm³/mol. The lowest BCUT2D eigenvalue weighted by molar-refractivity contribution is -0.138. The maximum atomic E-state index is 13.1. The minimum Gasteiger partial charge on any atom is -0.456 e. The van der Waals surface area contributed by atoms with E-state index in [4.69, 9.17) is 16.3 Å². The number of aromatic nitrogens is 4. The maximum absolute atomic E-state index is 13.1. The number of carbonyl (C=O) groups is 1. The molecule has 0 bridgehead atoms. The van der Waals surface area contributed by atoms with E-state index in [2.05, 4.69) is 15.5 Å². The number of hydrogen-bond acceptors (Lipinski definition) is 5. The molecule has 2 aromatic carbocycles. The number of halogens is 2. The Morgan fingerprint density at radius 1 is 1.27 bits per heavy atom. The van der Waals surface area contributed by atoms with E-state index in [1.54, 1.807) is 13.0 Å². The summed E-state index contributed by atoms with van der Waals surface area (Å²) in [7, 11) is 0. The molecule has 0 aliphatic carbocycles. The smallest absolute Gasteiger partial charge is 0.357 e. The molecule has 0 atom stereocenters. The van der Waals surface area contributed by atoms with Crippen LogP contribution in [0.15, 0.2) is 48.5 Å². The van der Waals surface area contributed by atoms with Crippen LogP contribution in [0.4, 0.5) is 4.39 Å². The predicted octanol–water partition coefficient (Wildman–Crippen LogP) is 3.52. The second-order valence-corrected chi connectivity index (χ2v) is 5.80. The summed E-state index contributed by atoms with van der Waals surface area (Å²) in [5.41, 5.74) is 1.43. The van der Waals surface area contributed by atoms with Crippen LogP contribution in [0.5, 0.6) is 0 Å². The zero-order chi connectivity index (χ0) is 18.5. The highest BCUT2D eigenvalue weighted by atomic mass is 35.5. The van der Waals surface area contributed by atoms with Crippen LogP contribution in [0.25, 0.3) is 11.8 Å². The molecule has 0 saturated heterocycles. The molecule has 1 heterocycles. The molecular formula is C18H14ClFN4O2. The lowest BCUT2D eigenvalue weighted by atomic mass is 10.2. The third-order valence-electron chi connectivity index (χ3n) is 3.54. The molecule has 0 spiro atoms. The van der Waals surface area contributed by atoms with Gasteiger partial charge in [0.2, 0.25) is 0 Å². The van der Waals surface area contributed by atoms with Crippen molar-refractivity contribution >= 4 is 29.3 Å². The molecule has 0 radical (unpaired) electrons. The van der Waals surface area contributed by atoms with E-state index in [0.717, 1.165) is 11.6 Å². The summed E-state index contributed by atoms with van der Waals surface area (Å²) in [6.45, 7) is 1.56. The lowest BCUT2D eigenvalue weighted by Crippen LogP contribution is -2.15. The van der Waals surface area contributed by atoms with Crippen molar-refractivity contribution in [3.63, 3.8) is 0 Å². The number of carbonyl (C=O) groups excluding carboxylic acids is 1. The first-order valence-corrected chi connectivity index (χ1v) is 8.05. The van der Waals surface area contributed by atoms with Gasteiger partial charge in [0.1, 0.15) is 12.4 Å². The van der Waals surface area contributed by atoms with E-state index >= 15 is 0 Å². The Morgan fingerprint density at radius 3 is 2.69 bits per heavy atom. The molecule has 0 aliphatic heterocycles. The summed E-state index contributed by atoms with van der Waals surface area (Å²) >= 11 is 5.96. The van der Waals surface area contributed by atoms with Crippen molar-refractivity contribution in [2.45, 2.75) is 13.5 Å². The lowest BCUT2D eigenvalue weighted by Gasteiger charge is -2.10. The topological polar surface area (TPSA) is 69.9 Å². The summed E-state index contributed by atoms with van der Waals surface area (Å²) in [5.74, 6) is -0.660. The second kappa shape index (κ2) is 7.88. The molecule has 132 valence electrons. The number of tetrazole rings is 1. The van der Waals surface area contributed by atoms with Crippen molar-refractivity contribution < 1.29 is 13.9 Å². The first-order chi connectivity index (χ1) is 12.5. The fraction of sp³-hybridized carbons (Fsp3) is 0.111. The Bertz CT molecular complexity index is 957. The second-order valence-electron chi connectivity index (χ2n) is 5.39. The molecule has 1 aromatic heterocycles. The van der Waals surface area contributed by atoms with Gasteiger partial charge in [0, 0.05) is 5.56 Å². The van der Waals surface area contributed by atoms with Crippen LogP contribution in [0.3, 0.4) is 0 Å². The molecule has 0 N–H and O–H groups in total. The van der Waals surface area contributed by atoms with Gasteiger partial charge in [0.15, 0.2) is 11.5 Å². The third-order valence-corrected chi connectivity index (χ3v) is 3.89. The summed E-state index contributed by atoms with van der Waals surface area (Å²) in [6.07, 6.45) is 1.62. The van der Waals surface area contributed by atoms with Crippen molar-refractivity contribution in [3.8, 4) is 0 Å². The molecule has 0 fully saturated rings. The molecule has 26 heavy (non-hydrogen) atoms. The Labute approximate surface area is 153 Å². The van der Waals surface area contributed by atoms with Crippen LogP contribution < -0.4 is 0 Å². The molecular weight excluding hydrogens is 359 g/mol. The van der Waals surface area contributed by atoms with E-state index in [9.17, 15) is 9.18 Å². The van der Waals surface area contributed by atoms with Gasteiger partial charge in [-0.3, -0.25) is 0 Å². The average molecular weight is 373 g/mol. The fourth-order valence-corrected chi connectivity index (χ4v) is 2.45. The van der Waals surface area contributed by atoms with E-state index in [0.29, 0.717) is 11.4 Å². The number of aryl methyl sites for hydroxylation is 1. The van der Waals surface area contributed by atoms with Gasteiger partial charge < -0.3 is 4.74 Å². The first-order valence-electron chi connectivity index (χ1n) is 7.68. The van der Waals surface area contributed by atoms with Crippen LogP contribution in [-0.4, -0.2) is 26.2 Å². The average Bonchev–Trinajstić information content (AvgIpc) is 3.05.